The summed E-state index contributed by atoms with van der Waals surface area (Å²) in [7, 11) is 0. The Morgan fingerprint density at radius 2 is 2.23 bits per heavy atom. The highest BCUT2D eigenvalue weighted by Gasteiger charge is 2.28. The first-order valence-corrected chi connectivity index (χ1v) is 8.27. The molecule has 0 saturated carbocycles. The van der Waals surface area contributed by atoms with E-state index in [1.165, 1.54) is 12.1 Å². The maximum Gasteiger partial charge on any atom is 0.270 e. The monoisotopic (exact) mass is 396 g/mol. The molecule has 2 aromatic rings. The minimum atomic E-state index is -0.508. The van der Waals surface area contributed by atoms with Gasteiger partial charge < -0.3 is 10.2 Å². The van der Waals surface area contributed by atoms with E-state index >= 15 is 0 Å². The number of nitrogens with zero attached hydrogens (tertiary/aromatic N) is 3. The van der Waals surface area contributed by atoms with Crippen molar-refractivity contribution in [1.29, 1.82) is 0 Å². The quantitative estimate of drug-likeness (QED) is 0.633. The van der Waals surface area contributed by atoms with Gasteiger partial charge in [0, 0.05) is 44.2 Å². The SMILES string of the molecule is Cl.O=C(Cc1ccc([N+](=O)[O-])cc1Cl)N1CCNCC1c1cccnc1. The predicted molar refractivity (Wildman–Crippen MR) is 101 cm³/mol. The average molecular weight is 397 g/mol. The van der Waals surface area contributed by atoms with Crippen molar-refractivity contribution in [2.24, 2.45) is 0 Å². The number of benzene rings is 1. The fourth-order valence-electron chi connectivity index (χ4n) is 2.93. The molecule has 2 heterocycles. The summed E-state index contributed by atoms with van der Waals surface area (Å²) < 4.78 is 0. The van der Waals surface area contributed by atoms with E-state index in [0.717, 1.165) is 12.1 Å². The Kier molecular flexibility index (Phi) is 6.90. The van der Waals surface area contributed by atoms with Crippen molar-refractivity contribution < 1.29 is 9.72 Å². The van der Waals surface area contributed by atoms with E-state index in [1.807, 2.05) is 17.0 Å². The number of piperazine rings is 1. The minimum absolute atomic E-state index is 0. The number of carbonyl (C=O) groups is 1. The summed E-state index contributed by atoms with van der Waals surface area (Å²) >= 11 is 6.11. The molecule has 1 fully saturated rings. The number of nitrogens with one attached hydrogen (secondary N) is 1. The van der Waals surface area contributed by atoms with Crippen LogP contribution in [0.2, 0.25) is 5.02 Å². The second-order valence-corrected chi connectivity index (χ2v) is 6.21. The van der Waals surface area contributed by atoms with Gasteiger partial charge in [-0.05, 0) is 17.2 Å². The Bertz CT molecular complexity index is 789. The number of non-ortho nitro benzene ring substituents is 1. The zero-order valence-corrected chi connectivity index (χ0v) is 15.4. The van der Waals surface area contributed by atoms with Gasteiger partial charge in [0.25, 0.3) is 5.69 Å². The van der Waals surface area contributed by atoms with Crippen molar-refractivity contribution in [3.8, 4) is 0 Å². The fraction of sp³-hybridized carbons (Fsp3) is 0.294. The number of hydrogen-bond donors (Lipinski definition) is 1. The molecule has 26 heavy (non-hydrogen) atoms. The molecule has 0 aliphatic carbocycles. The van der Waals surface area contributed by atoms with Crippen LogP contribution in [0.3, 0.4) is 0 Å². The van der Waals surface area contributed by atoms with Gasteiger partial charge in [-0.3, -0.25) is 19.9 Å². The fourth-order valence-corrected chi connectivity index (χ4v) is 3.17. The van der Waals surface area contributed by atoms with Crippen molar-refractivity contribution in [2.75, 3.05) is 19.6 Å². The van der Waals surface area contributed by atoms with Crippen LogP contribution in [0.15, 0.2) is 42.7 Å². The van der Waals surface area contributed by atoms with Crippen LogP contribution in [-0.4, -0.2) is 40.3 Å². The minimum Gasteiger partial charge on any atom is -0.333 e. The molecule has 1 unspecified atom stereocenters. The number of aromatic nitrogens is 1. The molecule has 1 N–H and O–H groups in total. The molecule has 1 atom stereocenters. The summed E-state index contributed by atoms with van der Waals surface area (Å²) in [5.41, 5.74) is 1.47. The molecule has 1 aromatic carbocycles. The standard InChI is InChI=1S/C17H17ClN4O3.ClH/c18-15-9-14(22(24)25)4-3-12(15)8-17(23)21-7-6-20-11-16(21)13-2-1-5-19-10-13;/h1-5,9-10,16,20H,6-8,11H2;1H. The van der Waals surface area contributed by atoms with Crippen LogP contribution >= 0.6 is 24.0 Å². The summed E-state index contributed by atoms with van der Waals surface area (Å²) in [6.45, 7) is 1.96. The zero-order chi connectivity index (χ0) is 17.8. The van der Waals surface area contributed by atoms with Gasteiger partial charge in [-0.1, -0.05) is 23.7 Å². The van der Waals surface area contributed by atoms with Crippen molar-refractivity contribution in [3.05, 3.63) is 69.0 Å². The number of nitro benzene ring substituents is 1. The highest BCUT2D eigenvalue weighted by Crippen LogP contribution is 2.26. The van der Waals surface area contributed by atoms with Gasteiger partial charge in [-0.15, -0.1) is 12.4 Å². The Morgan fingerprint density at radius 3 is 2.88 bits per heavy atom. The van der Waals surface area contributed by atoms with Crippen LogP contribution in [0.5, 0.6) is 0 Å². The average Bonchev–Trinajstić information content (AvgIpc) is 2.64. The van der Waals surface area contributed by atoms with Crippen LogP contribution in [0.1, 0.15) is 17.2 Å². The first-order valence-electron chi connectivity index (χ1n) is 7.89. The molecular formula is C17H18Cl2N4O3. The molecule has 1 aliphatic heterocycles. The van der Waals surface area contributed by atoms with Gasteiger partial charge >= 0.3 is 0 Å². The van der Waals surface area contributed by atoms with Crippen LogP contribution < -0.4 is 5.32 Å². The van der Waals surface area contributed by atoms with E-state index in [9.17, 15) is 14.9 Å². The Labute approximate surface area is 161 Å². The molecule has 1 saturated heterocycles. The van der Waals surface area contributed by atoms with Crippen molar-refractivity contribution in [2.45, 2.75) is 12.5 Å². The lowest BCUT2D eigenvalue weighted by atomic mass is 10.0. The number of rotatable bonds is 4. The van der Waals surface area contributed by atoms with E-state index in [1.54, 1.807) is 18.5 Å². The lowest BCUT2D eigenvalue weighted by Gasteiger charge is -2.36. The Morgan fingerprint density at radius 1 is 1.42 bits per heavy atom. The summed E-state index contributed by atoms with van der Waals surface area (Å²) in [6.07, 6.45) is 3.56. The number of carbonyl (C=O) groups excluding carboxylic acids is 1. The van der Waals surface area contributed by atoms with Crippen LogP contribution in [0.25, 0.3) is 0 Å². The topological polar surface area (TPSA) is 88.4 Å². The van der Waals surface area contributed by atoms with Crippen molar-refractivity contribution in [3.63, 3.8) is 0 Å². The molecule has 0 spiro atoms. The number of hydrogen-bond acceptors (Lipinski definition) is 5. The highest BCUT2D eigenvalue weighted by atomic mass is 35.5. The first kappa shape index (κ1) is 20.1. The van der Waals surface area contributed by atoms with E-state index in [2.05, 4.69) is 10.3 Å². The van der Waals surface area contributed by atoms with E-state index < -0.39 is 4.92 Å². The number of amides is 1. The highest BCUT2D eigenvalue weighted by molar-refractivity contribution is 6.31. The second kappa shape index (κ2) is 8.93. The van der Waals surface area contributed by atoms with Gasteiger partial charge in [-0.2, -0.15) is 0 Å². The molecule has 0 radical (unpaired) electrons. The molecule has 7 nitrogen and oxygen atoms in total. The molecule has 138 valence electrons. The van der Waals surface area contributed by atoms with Crippen molar-refractivity contribution in [1.82, 2.24) is 15.2 Å². The third kappa shape index (κ3) is 4.49. The third-order valence-electron chi connectivity index (χ3n) is 4.22. The molecule has 0 bridgehead atoms. The molecule has 9 heteroatoms. The third-order valence-corrected chi connectivity index (χ3v) is 4.57. The van der Waals surface area contributed by atoms with Gasteiger partial charge in [-0.25, -0.2) is 0 Å². The first-order chi connectivity index (χ1) is 12.1. The summed E-state index contributed by atoms with van der Waals surface area (Å²) in [6, 6.07) is 7.89. The number of pyridine rings is 1. The number of nitro groups is 1. The summed E-state index contributed by atoms with van der Waals surface area (Å²) in [5, 5.41) is 14.3. The van der Waals surface area contributed by atoms with Crippen molar-refractivity contribution >= 4 is 35.6 Å². The molecule has 1 aromatic heterocycles. The molecule has 1 aliphatic rings. The normalized spacial score (nSPS) is 16.7. The Hall–Kier alpha value is -2.22. The maximum absolute atomic E-state index is 12.8. The molecule has 3 rings (SSSR count). The summed E-state index contributed by atoms with van der Waals surface area (Å²) in [4.78, 5) is 29.0. The van der Waals surface area contributed by atoms with Gasteiger partial charge in [0.2, 0.25) is 5.91 Å². The van der Waals surface area contributed by atoms with Crippen LogP contribution in [0.4, 0.5) is 5.69 Å². The largest absolute Gasteiger partial charge is 0.333 e. The predicted octanol–water partition coefficient (Wildman–Crippen LogP) is 2.78. The van der Waals surface area contributed by atoms with Gasteiger partial charge in [0.1, 0.15) is 0 Å². The lowest BCUT2D eigenvalue weighted by Crippen LogP contribution is -2.49. The maximum atomic E-state index is 12.8. The van der Waals surface area contributed by atoms with Crippen LogP contribution in [-0.2, 0) is 11.2 Å². The van der Waals surface area contributed by atoms with Gasteiger partial charge in [0.05, 0.1) is 22.4 Å². The van der Waals surface area contributed by atoms with E-state index in [4.69, 9.17) is 11.6 Å². The molecule has 1 amide bonds. The van der Waals surface area contributed by atoms with E-state index in [-0.39, 0.29) is 41.5 Å². The second-order valence-electron chi connectivity index (χ2n) is 5.80. The van der Waals surface area contributed by atoms with E-state index in [0.29, 0.717) is 18.7 Å². The molecular weight excluding hydrogens is 379 g/mol. The smallest absolute Gasteiger partial charge is 0.270 e. The van der Waals surface area contributed by atoms with Crippen LogP contribution in [0, 0.1) is 10.1 Å². The number of halogens is 2. The lowest BCUT2D eigenvalue weighted by molar-refractivity contribution is -0.384. The van der Waals surface area contributed by atoms with Gasteiger partial charge in [0.15, 0.2) is 0 Å². The zero-order valence-electron chi connectivity index (χ0n) is 13.8. The summed E-state index contributed by atoms with van der Waals surface area (Å²) in [5.74, 6) is -0.0638. The Balaban J connectivity index is 0.00000243.